The van der Waals surface area contributed by atoms with E-state index in [2.05, 4.69) is 20.0 Å². The van der Waals surface area contributed by atoms with Crippen molar-refractivity contribution in [2.24, 2.45) is 0 Å². The number of aromatic nitrogens is 2. The molecule has 0 N–H and O–H groups in total. The maximum atomic E-state index is 12.9. The molecule has 7 nitrogen and oxygen atoms in total. The van der Waals surface area contributed by atoms with Crippen LogP contribution in [0.3, 0.4) is 0 Å². The largest absolute Gasteiger partial charge is 0.380 e. The van der Waals surface area contributed by atoms with Gasteiger partial charge in [0.25, 0.3) is 0 Å². The highest BCUT2D eigenvalue weighted by molar-refractivity contribution is 5.82. The number of hydrogen-bond acceptors (Lipinski definition) is 6. The molecule has 3 heterocycles. The number of nitrogens with zero attached hydrogens (tertiary/aromatic N) is 5. The summed E-state index contributed by atoms with van der Waals surface area (Å²) >= 11 is 0. The van der Waals surface area contributed by atoms with Crippen LogP contribution in [0, 0.1) is 0 Å². The number of likely N-dealkylation sites (N-methyl/N-ethyl adjacent to an activating group) is 1. The van der Waals surface area contributed by atoms with Crippen LogP contribution < -0.4 is 4.90 Å². The van der Waals surface area contributed by atoms with Crippen molar-refractivity contribution in [3.63, 3.8) is 0 Å². The number of carbonyl (C=O) groups is 1. The molecule has 2 atom stereocenters. The van der Waals surface area contributed by atoms with Gasteiger partial charge in [-0.25, -0.2) is 0 Å². The Hall–Kier alpha value is -1.73. The molecule has 0 radical (unpaired) electrons. The van der Waals surface area contributed by atoms with Gasteiger partial charge in [0.1, 0.15) is 0 Å². The van der Waals surface area contributed by atoms with E-state index in [4.69, 9.17) is 4.74 Å². The third kappa shape index (κ3) is 3.61. The number of amides is 1. The lowest BCUT2D eigenvalue weighted by atomic mass is 10.1. The van der Waals surface area contributed by atoms with E-state index in [0.717, 1.165) is 51.4 Å². The van der Waals surface area contributed by atoms with E-state index in [1.165, 1.54) is 0 Å². The molecule has 2 fully saturated rings. The maximum Gasteiger partial charge on any atom is 0.240 e. The average molecular weight is 319 g/mol. The van der Waals surface area contributed by atoms with Gasteiger partial charge in [-0.2, -0.15) is 5.10 Å². The first-order valence-corrected chi connectivity index (χ1v) is 8.23. The molecule has 23 heavy (non-hydrogen) atoms. The number of rotatable bonds is 3. The van der Waals surface area contributed by atoms with Gasteiger partial charge in [-0.05, 0) is 32.0 Å². The number of hydrogen-bond donors (Lipinski definition) is 0. The van der Waals surface area contributed by atoms with Crippen LogP contribution in [0.5, 0.6) is 0 Å². The quantitative estimate of drug-likeness (QED) is 0.795. The van der Waals surface area contributed by atoms with Crippen molar-refractivity contribution < 1.29 is 9.53 Å². The molecule has 1 amide bonds. The standard InChI is InChI=1S/C16H25N5O2/c1-19-12-13(23-2)11-14(19)16(22)21-8-4-7-20(9-10-21)15-5-3-6-17-18-15/h3,5-6,13-14H,4,7-12H2,1-2H3/t13-,14-/m0/s1. The zero-order valence-electron chi connectivity index (χ0n) is 13.9. The highest BCUT2D eigenvalue weighted by atomic mass is 16.5. The minimum atomic E-state index is -0.0528. The third-order valence-corrected chi connectivity index (χ3v) is 4.82. The van der Waals surface area contributed by atoms with Gasteiger partial charge in [-0.1, -0.05) is 0 Å². The van der Waals surface area contributed by atoms with Crippen molar-refractivity contribution in [2.75, 3.05) is 51.8 Å². The number of anilines is 1. The fourth-order valence-corrected chi connectivity index (χ4v) is 3.45. The average Bonchev–Trinajstić information content (AvgIpc) is 2.81. The first-order valence-electron chi connectivity index (χ1n) is 8.23. The van der Waals surface area contributed by atoms with Crippen LogP contribution in [0.1, 0.15) is 12.8 Å². The summed E-state index contributed by atoms with van der Waals surface area (Å²) in [7, 11) is 3.72. The Bertz CT molecular complexity index is 526. The van der Waals surface area contributed by atoms with Gasteiger partial charge in [-0.15, -0.1) is 5.10 Å². The van der Waals surface area contributed by atoms with Crippen LogP contribution in [0.25, 0.3) is 0 Å². The molecule has 0 bridgehead atoms. The smallest absolute Gasteiger partial charge is 0.240 e. The topological polar surface area (TPSA) is 61.8 Å². The zero-order chi connectivity index (χ0) is 16.2. The summed E-state index contributed by atoms with van der Waals surface area (Å²) < 4.78 is 5.41. The van der Waals surface area contributed by atoms with Crippen LogP contribution in [-0.2, 0) is 9.53 Å². The van der Waals surface area contributed by atoms with E-state index in [9.17, 15) is 4.79 Å². The van der Waals surface area contributed by atoms with Crippen molar-refractivity contribution >= 4 is 11.7 Å². The lowest BCUT2D eigenvalue weighted by molar-refractivity contribution is -0.135. The van der Waals surface area contributed by atoms with Crippen molar-refractivity contribution in [1.29, 1.82) is 0 Å². The van der Waals surface area contributed by atoms with Crippen molar-refractivity contribution in [1.82, 2.24) is 20.0 Å². The van der Waals surface area contributed by atoms with Gasteiger partial charge in [0.15, 0.2) is 5.82 Å². The molecule has 2 aliphatic rings. The Morgan fingerprint density at radius 1 is 1.30 bits per heavy atom. The van der Waals surface area contributed by atoms with Gasteiger partial charge in [0, 0.05) is 46.0 Å². The van der Waals surface area contributed by atoms with Gasteiger partial charge in [0.2, 0.25) is 5.91 Å². The first-order chi connectivity index (χ1) is 11.2. The van der Waals surface area contributed by atoms with E-state index in [-0.39, 0.29) is 18.1 Å². The van der Waals surface area contributed by atoms with Crippen LogP contribution in [0.4, 0.5) is 5.82 Å². The Balaban J connectivity index is 1.61. The van der Waals surface area contributed by atoms with Gasteiger partial charge in [0.05, 0.1) is 12.1 Å². The molecule has 1 aromatic rings. The molecule has 0 spiro atoms. The highest BCUT2D eigenvalue weighted by Gasteiger charge is 2.37. The van der Waals surface area contributed by atoms with Crippen LogP contribution >= 0.6 is 0 Å². The highest BCUT2D eigenvalue weighted by Crippen LogP contribution is 2.21. The second kappa shape index (κ2) is 7.23. The minimum absolute atomic E-state index is 0.0528. The van der Waals surface area contributed by atoms with E-state index in [1.54, 1.807) is 13.3 Å². The Morgan fingerprint density at radius 3 is 2.87 bits per heavy atom. The molecule has 0 saturated carbocycles. The van der Waals surface area contributed by atoms with Gasteiger partial charge in [-0.3, -0.25) is 9.69 Å². The Morgan fingerprint density at radius 2 is 2.17 bits per heavy atom. The summed E-state index contributed by atoms with van der Waals surface area (Å²) in [5, 5.41) is 8.11. The molecular weight excluding hydrogens is 294 g/mol. The zero-order valence-corrected chi connectivity index (χ0v) is 13.9. The van der Waals surface area contributed by atoms with Gasteiger partial charge >= 0.3 is 0 Å². The monoisotopic (exact) mass is 319 g/mol. The minimum Gasteiger partial charge on any atom is -0.380 e. The molecule has 7 heteroatoms. The third-order valence-electron chi connectivity index (χ3n) is 4.82. The first kappa shape index (κ1) is 16.1. The predicted octanol–water partition coefficient (Wildman–Crippen LogP) is 0.234. The summed E-state index contributed by atoms with van der Waals surface area (Å²) in [6.07, 6.45) is 3.58. The van der Waals surface area contributed by atoms with Crippen LogP contribution in [0.2, 0.25) is 0 Å². The molecular formula is C16H25N5O2. The number of likely N-dealkylation sites (tertiary alicyclic amines) is 1. The molecule has 0 aromatic carbocycles. The van der Waals surface area contributed by atoms with Crippen molar-refractivity contribution in [3.8, 4) is 0 Å². The second-order valence-corrected chi connectivity index (χ2v) is 6.30. The van der Waals surface area contributed by atoms with Gasteiger partial charge < -0.3 is 14.5 Å². The number of ether oxygens (including phenoxy) is 1. The molecule has 3 rings (SSSR count). The summed E-state index contributed by atoms with van der Waals surface area (Å²) in [5.74, 6) is 1.12. The maximum absolute atomic E-state index is 12.9. The van der Waals surface area contributed by atoms with E-state index in [0.29, 0.717) is 0 Å². The lowest BCUT2D eigenvalue weighted by Crippen LogP contribution is -2.45. The molecule has 2 saturated heterocycles. The molecule has 0 unspecified atom stereocenters. The molecule has 0 aliphatic carbocycles. The molecule has 126 valence electrons. The summed E-state index contributed by atoms with van der Waals surface area (Å²) in [6, 6.07) is 3.82. The summed E-state index contributed by atoms with van der Waals surface area (Å²) in [5.41, 5.74) is 0. The van der Waals surface area contributed by atoms with E-state index < -0.39 is 0 Å². The predicted molar refractivity (Wildman–Crippen MR) is 87.3 cm³/mol. The Labute approximate surface area is 137 Å². The van der Waals surface area contributed by atoms with Crippen molar-refractivity contribution in [2.45, 2.75) is 25.0 Å². The van der Waals surface area contributed by atoms with Crippen LogP contribution in [-0.4, -0.2) is 84.9 Å². The SMILES string of the molecule is CO[C@H]1C[C@@H](C(=O)N2CCCN(c3cccnn3)CC2)N(C)C1. The van der Waals surface area contributed by atoms with Crippen LogP contribution in [0.15, 0.2) is 18.3 Å². The molecule has 1 aromatic heterocycles. The Kier molecular flexibility index (Phi) is 5.07. The number of carbonyl (C=O) groups excluding carboxylic acids is 1. The fourth-order valence-electron chi connectivity index (χ4n) is 3.45. The summed E-state index contributed by atoms with van der Waals surface area (Å²) in [4.78, 5) is 19.2. The summed E-state index contributed by atoms with van der Waals surface area (Å²) in [6.45, 7) is 4.07. The number of methoxy groups -OCH3 is 1. The van der Waals surface area contributed by atoms with E-state index >= 15 is 0 Å². The second-order valence-electron chi connectivity index (χ2n) is 6.30. The fraction of sp³-hybridized carbons (Fsp3) is 0.688. The normalized spacial score (nSPS) is 26.3. The van der Waals surface area contributed by atoms with Crippen molar-refractivity contribution in [3.05, 3.63) is 18.3 Å². The lowest BCUT2D eigenvalue weighted by Gasteiger charge is -2.27. The van der Waals surface area contributed by atoms with E-state index in [1.807, 2.05) is 24.1 Å². The molecule has 2 aliphatic heterocycles.